The zero-order valence-corrected chi connectivity index (χ0v) is 17.4. The second-order valence-corrected chi connectivity index (χ2v) is 10.9. The standard InChI is InChI=1S/C16H15BrClFN2O3S2/c17-14-5-6-15(25-14)26(23,24)21-7-1-2-10(9-21)16(22)20-11-3-4-12(18)13(19)8-11/h3-6,8,10H,1-2,7,9H2,(H,20,22). The van der Waals surface area contributed by atoms with E-state index in [2.05, 4.69) is 21.2 Å². The average Bonchev–Trinajstić information content (AvgIpc) is 3.05. The van der Waals surface area contributed by atoms with Crippen LogP contribution in [0.3, 0.4) is 0 Å². The Morgan fingerprint density at radius 1 is 1.35 bits per heavy atom. The number of rotatable bonds is 4. The van der Waals surface area contributed by atoms with Crippen LogP contribution in [0.4, 0.5) is 10.1 Å². The van der Waals surface area contributed by atoms with Gasteiger partial charge in [-0.3, -0.25) is 4.79 Å². The SMILES string of the molecule is O=C(Nc1ccc(Cl)c(F)c1)C1CCCN(S(=O)(=O)c2ccc(Br)s2)C1. The van der Waals surface area contributed by atoms with Crippen LogP contribution in [0.15, 0.2) is 38.3 Å². The third kappa shape index (κ3) is 4.28. The van der Waals surface area contributed by atoms with Crippen LogP contribution in [0.5, 0.6) is 0 Å². The lowest BCUT2D eigenvalue weighted by Crippen LogP contribution is -2.43. The molecule has 0 saturated carbocycles. The number of nitrogens with zero attached hydrogens (tertiary/aromatic N) is 1. The Bertz CT molecular complexity index is 935. The third-order valence-electron chi connectivity index (χ3n) is 4.08. The molecule has 2 aromatic rings. The summed E-state index contributed by atoms with van der Waals surface area (Å²) < 4.78 is 41.3. The van der Waals surface area contributed by atoms with E-state index in [0.29, 0.717) is 25.1 Å². The number of hydrogen-bond acceptors (Lipinski definition) is 4. The molecule has 0 bridgehead atoms. The van der Waals surface area contributed by atoms with E-state index < -0.39 is 21.8 Å². The molecule has 5 nitrogen and oxygen atoms in total. The van der Waals surface area contributed by atoms with Gasteiger partial charge in [-0.2, -0.15) is 4.31 Å². The fraction of sp³-hybridized carbons (Fsp3) is 0.312. The number of hydrogen-bond donors (Lipinski definition) is 1. The van der Waals surface area contributed by atoms with Gasteiger partial charge in [0, 0.05) is 18.8 Å². The summed E-state index contributed by atoms with van der Waals surface area (Å²) in [5, 5.41) is 2.60. The Morgan fingerprint density at radius 2 is 2.12 bits per heavy atom. The average molecular weight is 482 g/mol. The number of amides is 1. The molecule has 26 heavy (non-hydrogen) atoms. The number of thiophene rings is 1. The minimum atomic E-state index is -3.63. The van der Waals surface area contributed by atoms with Gasteiger partial charge in [-0.15, -0.1) is 11.3 Å². The first-order chi connectivity index (χ1) is 12.3. The molecule has 10 heteroatoms. The van der Waals surface area contributed by atoms with Crippen molar-refractivity contribution in [1.29, 1.82) is 0 Å². The van der Waals surface area contributed by atoms with E-state index in [9.17, 15) is 17.6 Å². The topological polar surface area (TPSA) is 66.5 Å². The molecular weight excluding hydrogens is 467 g/mol. The summed E-state index contributed by atoms with van der Waals surface area (Å²) in [7, 11) is -3.63. The number of carbonyl (C=O) groups excluding carboxylic acids is 1. The van der Waals surface area contributed by atoms with Gasteiger partial charge in [-0.05, 0) is 59.1 Å². The highest BCUT2D eigenvalue weighted by atomic mass is 79.9. The van der Waals surface area contributed by atoms with Crippen molar-refractivity contribution < 1.29 is 17.6 Å². The monoisotopic (exact) mass is 480 g/mol. The Morgan fingerprint density at radius 3 is 2.77 bits per heavy atom. The van der Waals surface area contributed by atoms with E-state index in [1.807, 2.05) is 0 Å². The van der Waals surface area contributed by atoms with E-state index >= 15 is 0 Å². The third-order valence-corrected chi connectivity index (χ3v) is 8.35. The number of halogens is 3. The van der Waals surface area contributed by atoms with Crippen molar-refractivity contribution in [3.8, 4) is 0 Å². The van der Waals surface area contributed by atoms with Crippen LogP contribution in [-0.4, -0.2) is 31.7 Å². The zero-order valence-electron chi connectivity index (χ0n) is 13.4. The second-order valence-electron chi connectivity index (χ2n) is 5.88. The summed E-state index contributed by atoms with van der Waals surface area (Å²) in [5.74, 6) is -1.46. The molecule has 140 valence electrons. The molecule has 1 aliphatic rings. The number of sulfonamides is 1. The highest BCUT2D eigenvalue weighted by Gasteiger charge is 2.34. The summed E-state index contributed by atoms with van der Waals surface area (Å²) in [6, 6.07) is 7.23. The highest BCUT2D eigenvalue weighted by Crippen LogP contribution is 2.31. The summed E-state index contributed by atoms with van der Waals surface area (Å²) in [4.78, 5) is 12.5. The molecule has 1 unspecified atom stereocenters. The van der Waals surface area contributed by atoms with Crippen molar-refractivity contribution >= 4 is 60.5 Å². The van der Waals surface area contributed by atoms with Crippen LogP contribution in [0.2, 0.25) is 5.02 Å². The van der Waals surface area contributed by atoms with Gasteiger partial charge in [0.1, 0.15) is 10.0 Å². The number of piperidine rings is 1. The van der Waals surface area contributed by atoms with E-state index in [-0.39, 0.29) is 21.7 Å². The van der Waals surface area contributed by atoms with Gasteiger partial charge >= 0.3 is 0 Å². The fourth-order valence-electron chi connectivity index (χ4n) is 2.76. The number of anilines is 1. The van der Waals surface area contributed by atoms with E-state index in [4.69, 9.17) is 11.6 Å². The Kier molecular flexibility index (Phi) is 6.03. The minimum Gasteiger partial charge on any atom is -0.326 e. The van der Waals surface area contributed by atoms with Crippen LogP contribution in [0, 0.1) is 11.7 Å². The molecule has 0 aliphatic carbocycles. The van der Waals surface area contributed by atoms with Crippen LogP contribution < -0.4 is 5.32 Å². The van der Waals surface area contributed by atoms with Crippen molar-refractivity contribution in [2.45, 2.75) is 17.1 Å². The van der Waals surface area contributed by atoms with E-state index in [1.54, 1.807) is 12.1 Å². The summed E-state index contributed by atoms with van der Waals surface area (Å²) in [6.45, 7) is 0.469. The molecular formula is C16H15BrClFN2O3S2. The summed E-state index contributed by atoms with van der Waals surface area (Å²) in [5.41, 5.74) is 0.291. The molecule has 1 amide bonds. The largest absolute Gasteiger partial charge is 0.326 e. The van der Waals surface area contributed by atoms with Crippen LogP contribution in [0.25, 0.3) is 0 Å². The van der Waals surface area contributed by atoms with Crippen LogP contribution >= 0.6 is 38.9 Å². The highest BCUT2D eigenvalue weighted by molar-refractivity contribution is 9.11. The first-order valence-corrected chi connectivity index (χ1v) is 11.2. The molecule has 1 saturated heterocycles. The van der Waals surface area contributed by atoms with Gasteiger partial charge in [-0.25, -0.2) is 12.8 Å². The van der Waals surface area contributed by atoms with Crippen molar-refractivity contribution in [2.24, 2.45) is 5.92 Å². The van der Waals surface area contributed by atoms with Crippen LogP contribution in [-0.2, 0) is 14.8 Å². The maximum absolute atomic E-state index is 13.5. The zero-order chi connectivity index (χ0) is 18.9. The minimum absolute atomic E-state index is 0.0277. The van der Waals surface area contributed by atoms with Crippen molar-refractivity contribution in [1.82, 2.24) is 4.31 Å². The number of nitrogens with one attached hydrogen (secondary N) is 1. The predicted molar refractivity (Wildman–Crippen MR) is 104 cm³/mol. The molecule has 0 radical (unpaired) electrons. The molecule has 1 N–H and O–H groups in total. The fourth-order valence-corrected chi connectivity index (χ4v) is 6.56. The quantitative estimate of drug-likeness (QED) is 0.706. The first kappa shape index (κ1) is 19.8. The molecule has 3 rings (SSSR count). The smallest absolute Gasteiger partial charge is 0.252 e. The van der Waals surface area contributed by atoms with Gasteiger partial charge in [0.25, 0.3) is 10.0 Å². The normalized spacial score (nSPS) is 18.7. The summed E-state index contributed by atoms with van der Waals surface area (Å²) in [6.07, 6.45) is 1.15. The van der Waals surface area contributed by atoms with E-state index in [0.717, 1.165) is 21.2 Å². The Hall–Kier alpha value is -1.000. The molecule has 1 aromatic heterocycles. The molecule has 1 aromatic carbocycles. The van der Waals surface area contributed by atoms with Gasteiger partial charge in [0.15, 0.2) is 0 Å². The molecule has 1 fully saturated rings. The summed E-state index contributed by atoms with van der Waals surface area (Å²) >= 11 is 10.0. The van der Waals surface area contributed by atoms with Crippen LogP contribution in [0.1, 0.15) is 12.8 Å². The molecule has 2 heterocycles. The van der Waals surface area contributed by atoms with Gasteiger partial charge in [0.2, 0.25) is 5.91 Å². The maximum Gasteiger partial charge on any atom is 0.252 e. The predicted octanol–water partition coefficient (Wildman–Crippen LogP) is 4.34. The number of benzene rings is 1. The lowest BCUT2D eigenvalue weighted by atomic mass is 9.99. The maximum atomic E-state index is 13.5. The van der Waals surface area contributed by atoms with Crippen molar-refractivity contribution in [2.75, 3.05) is 18.4 Å². The van der Waals surface area contributed by atoms with Gasteiger partial charge in [-0.1, -0.05) is 11.6 Å². The Balaban J connectivity index is 1.71. The lowest BCUT2D eigenvalue weighted by molar-refractivity contribution is -0.120. The van der Waals surface area contributed by atoms with E-state index in [1.165, 1.54) is 16.4 Å². The molecule has 1 atom stereocenters. The van der Waals surface area contributed by atoms with Crippen molar-refractivity contribution in [3.05, 3.63) is 45.0 Å². The van der Waals surface area contributed by atoms with Gasteiger partial charge in [0.05, 0.1) is 14.7 Å². The van der Waals surface area contributed by atoms with Gasteiger partial charge < -0.3 is 5.32 Å². The Labute approximate surface area is 168 Å². The number of carbonyl (C=O) groups is 1. The van der Waals surface area contributed by atoms with Crippen molar-refractivity contribution in [3.63, 3.8) is 0 Å². The lowest BCUT2D eigenvalue weighted by Gasteiger charge is -2.30. The first-order valence-electron chi connectivity index (χ1n) is 7.79. The second kappa shape index (κ2) is 7.93. The molecule has 0 spiro atoms. The molecule has 1 aliphatic heterocycles.